The van der Waals surface area contributed by atoms with E-state index in [1.165, 1.54) is 0 Å². The number of unbranched alkanes of at least 4 members (excludes halogenated alkanes) is 1. The predicted molar refractivity (Wildman–Crippen MR) is 64.2 cm³/mol. The standard InChI is InChI=1S/C14H18O2/c15-13-9-8-12(11-13)5-2-1-3-6-14-7-4-10-16-14/h2,4-5,7,10-12,15H,1,3,6,8-9H2/b5-2+. The average molecular weight is 218 g/mol. The van der Waals surface area contributed by atoms with Crippen molar-refractivity contribution in [2.75, 3.05) is 0 Å². The van der Waals surface area contributed by atoms with Gasteiger partial charge in [-0.15, -0.1) is 0 Å². The molecule has 0 bridgehead atoms. The number of hydrogen-bond donors (Lipinski definition) is 1. The first-order chi connectivity index (χ1) is 7.84. The molecular weight excluding hydrogens is 200 g/mol. The molecule has 1 aliphatic carbocycles. The summed E-state index contributed by atoms with van der Waals surface area (Å²) in [7, 11) is 0. The highest BCUT2D eigenvalue weighted by atomic mass is 16.3. The van der Waals surface area contributed by atoms with Crippen molar-refractivity contribution in [2.24, 2.45) is 5.92 Å². The lowest BCUT2D eigenvalue weighted by atomic mass is 10.1. The molecule has 0 amide bonds. The van der Waals surface area contributed by atoms with Gasteiger partial charge in [0.05, 0.1) is 12.0 Å². The van der Waals surface area contributed by atoms with Crippen molar-refractivity contribution >= 4 is 0 Å². The van der Waals surface area contributed by atoms with E-state index in [0.29, 0.717) is 11.7 Å². The van der Waals surface area contributed by atoms with Gasteiger partial charge in [0, 0.05) is 12.8 Å². The van der Waals surface area contributed by atoms with Gasteiger partial charge in [-0.25, -0.2) is 0 Å². The fourth-order valence-corrected chi connectivity index (χ4v) is 2.00. The van der Waals surface area contributed by atoms with E-state index in [1.807, 2.05) is 18.2 Å². The number of allylic oxidation sites excluding steroid dienone is 4. The smallest absolute Gasteiger partial charge is 0.103 e. The van der Waals surface area contributed by atoms with E-state index >= 15 is 0 Å². The van der Waals surface area contributed by atoms with Crippen molar-refractivity contribution in [2.45, 2.75) is 32.1 Å². The average Bonchev–Trinajstić information content (AvgIpc) is 2.89. The summed E-state index contributed by atoms with van der Waals surface area (Å²) in [4.78, 5) is 0. The minimum Gasteiger partial charge on any atom is -0.513 e. The van der Waals surface area contributed by atoms with E-state index in [2.05, 4.69) is 12.2 Å². The Kier molecular flexibility index (Phi) is 3.86. The van der Waals surface area contributed by atoms with Crippen LogP contribution in [0.4, 0.5) is 0 Å². The molecule has 1 heterocycles. The maximum absolute atomic E-state index is 9.24. The molecule has 1 unspecified atom stereocenters. The van der Waals surface area contributed by atoms with Crippen LogP contribution in [0.25, 0.3) is 0 Å². The molecular formula is C14H18O2. The lowest BCUT2D eigenvalue weighted by Gasteiger charge is -1.97. The van der Waals surface area contributed by atoms with Crippen molar-refractivity contribution in [3.63, 3.8) is 0 Å². The lowest BCUT2D eigenvalue weighted by molar-refractivity contribution is 0.397. The summed E-state index contributed by atoms with van der Waals surface area (Å²) < 4.78 is 5.26. The Morgan fingerprint density at radius 2 is 2.44 bits per heavy atom. The second kappa shape index (κ2) is 5.59. The topological polar surface area (TPSA) is 33.4 Å². The maximum atomic E-state index is 9.24. The van der Waals surface area contributed by atoms with Gasteiger partial charge < -0.3 is 9.52 Å². The van der Waals surface area contributed by atoms with E-state index < -0.39 is 0 Å². The van der Waals surface area contributed by atoms with Gasteiger partial charge in [-0.1, -0.05) is 12.2 Å². The summed E-state index contributed by atoms with van der Waals surface area (Å²) in [6.07, 6.45) is 13.2. The molecule has 2 heteroatoms. The molecule has 16 heavy (non-hydrogen) atoms. The zero-order valence-electron chi connectivity index (χ0n) is 9.43. The number of aliphatic hydroxyl groups excluding tert-OH is 1. The molecule has 0 saturated carbocycles. The van der Waals surface area contributed by atoms with Gasteiger partial charge in [0.2, 0.25) is 0 Å². The lowest BCUT2D eigenvalue weighted by Crippen LogP contribution is -1.85. The summed E-state index contributed by atoms with van der Waals surface area (Å²) in [6.45, 7) is 0. The van der Waals surface area contributed by atoms with Gasteiger partial charge >= 0.3 is 0 Å². The predicted octanol–water partition coefficient (Wildman–Crippen LogP) is 4.01. The first-order valence-corrected chi connectivity index (χ1v) is 5.93. The third-order valence-corrected chi connectivity index (χ3v) is 2.90. The second-order valence-corrected chi connectivity index (χ2v) is 4.26. The van der Waals surface area contributed by atoms with E-state index in [4.69, 9.17) is 4.42 Å². The Morgan fingerprint density at radius 1 is 1.50 bits per heavy atom. The molecule has 1 aromatic rings. The summed E-state index contributed by atoms with van der Waals surface area (Å²) in [6, 6.07) is 3.94. The highest BCUT2D eigenvalue weighted by Crippen LogP contribution is 2.23. The van der Waals surface area contributed by atoms with E-state index in [9.17, 15) is 5.11 Å². The molecule has 0 aromatic carbocycles. The normalized spacial score (nSPS) is 20.5. The minimum atomic E-state index is 0.448. The van der Waals surface area contributed by atoms with E-state index in [1.54, 1.807) is 6.26 Å². The SMILES string of the molecule is OC1=CC(/C=C/CCCc2ccco2)CC1. The summed E-state index contributed by atoms with van der Waals surface area (Å²) >= 11 is 0. The fraction of sp³-hybridized carbons (Fsp3) is 0.429. The van der Waals surface area contributed by atoms with Crippen LogP contribution in [0.2, 0.25) is 0 Å². The van der Waals surface area contributed by atoms with Gasteiger partial charge in [-0.2, -0.15) is 0 Å². The molecule has 0 saturated heterocycles. The number of aliphatic hydroxyl groups is 1. The number of hydrogen-bond acceptors (Lipinski definition) is 2. The molecule has 1 aromatic heterocycles. The van der Waals surface area contributed by atoms with Gasteiger partial charge in [0.15, 0.2) is 0 Å². The minimum absolute atomic E-state index is 0.448. The number of furan rings is 1. The molecule has 2 rings (SSSR count). The van der Waals surface area contributed by atoms with Crippen LogP contribution in [-0.4, -0.2) is 5.11 Å². The van der Waals surface area contributed by atoms with Crippen LogP contribution in [-0.2, 0) is 6.42 Å². The molecule has 1 aliphatic rings. The zero-order valence-corrected chi connectivity index (χ0v) is 9.43. The van der Waals surface area contributed by atoms with Crippen LogP contribution in [0.5, 0.6) is 0 Å². The van der Waals surface area contributed by atoms with Gasteiger partial charge in [0.25, 0.3) is 0 Å². The van der Waals surface area contributed by atoms with Crippen LogP contribution in [0.3, 0.4) is 0 Å². The van der Waals surface area contributed by atoms with Crippen molar-refractivity contribution in [3.05, 3.63) is 48.1 Å². The molecule has 0 radical (unpaired) electrons. The van der Waals surface area contributed by atoms with E-state index in [0.717, 1.165) is 37.9 Å². The molecule has 0 fully saturated rings. The zero-order chi connectivity index (χ0) is 11.2. The van der Waals surface area contributed by atoms with Gasteiger partial charge in [-0.05, 0) is 43.4 Å². The summed E-state index contributed by atoms with van der Waals surface area (Å²) in [5, 5.41) is 9.24. The first-order valence-electron chi connectivity index (χ1n) is 5.93. The van der Waals surface area contributed by atoms with Gasteiger partial charge in [0.1, 0.15) is 5.76 Å². The Balaban J connectivity index is 1.63. The molecule has 86 valence electrons. The first kappa shape index (κ1) is 11.1. The Bertz CT molecular complexity index is 360. The van der Waals surface area contributed by atoms with Crippen LogP contribution in [0.15, 0.2) is 46.8 Å². The third kappa shape index (κ3) is 3.30. The van der Waals surface area contributed by atoms with Crippen LogP contribution < -0.4 is 0 Å². The third-order valence-electron chi connectivity index (χ3n) is 2.90. The summed E-state index contributed by atoms with van der Waals surface area (Å²) in [5.74, 6) is 2.06. The Hall–Kier alpha value is -1.44. The molecule has 1 atom stereocenters. The molecule has 0 spiro atoms. The van der Waals surface area contributed by atoms with Crippen molar-refractivity contribution < 1.29 is 9.52 Å². The number of aryl methyl sites for hydroxylation is 1. The monoisotopic (exact) mass is 218 g/mol. The quantitative estimate of drug-likeness (QED) is 0.598. The Morgan fingerprint density at radius 3 is 3.12 bits per heavy atom. The van der Waals surface area contributed by atoms with Crippen molar-refractivity contribution in [1.29, 1.82) is 0 Å². The highest BCUT2D eigenvalue weighted by molar-refractivity contribution is 5.10. The van der Waals surface area contributed by atoms with Crippen LogP contribution >= 0.6 is 0 Å². The van der Waals surface area contributed by atoms with Crippen molar-refractivity contribution in [3.8, 4) is 0 Å². The largest absolute Gasteiger partial charge is 0.513 e. The van der Waals surface area contributed by atoms with Crippen LogP contribution in [0, 0.1) is 5.92 Å². The fourth-order valence-electron chi connectivity index (χ4n) is 2.00. The maximum Gasteiger partial charge on any atom is 0.103 e. The Labute approximate surface area is 96.3 Å². The van der Waals surface area contributed by atoms with Crippen molar-refractivity contribution in [1.82, 2.24) is 0 Å². The van der Waals surface area contributed by atoms with E-state index in [-0.39, 0.29) is 0 Å². The number of rotatable bonds is 5. The van der Waals surface area contributed by atoms with Crippen LogP contribution in [0.1, 0.15) is 31.4 Å². The summed E-state index contributed by atoms with van der Waals surface area (Å²) in [5.41, 5.74) is 0. The highest BCUT2D eigenvalue weighted by Gasteiger charge is 2.11. The second-order valence-electron chi connectivity index (χ2n) is 4.26. The molecule has 1 N–H and O–H groups in total. The van der Waals surface area contributed by atoms with Gasteiger partial charge in [-0.3, -0.25) is 0 Å². The molecule has 2 nitrogen and oxygen atoms in total. The molecule has 0 aliphatic heterocycles.